The molecule has 1 rings (SSSR count). The number of aryl methyl sites for hydroxylation is 1. The van der Waals surface area contributed by atoms with Crippen LogP contribution in [0.5, 0.6) is 0 Å². The minimum atomic E-state index is 1.01. The molecule has 2 nitrogen and oxygen atoms in total. The van der Waals surface area contributed by atoms with Crippen molar-refractivity contribution in [2.75, 3.05) is 32.5 Å². The van der Waals surface area contributed by atoms with Crippen molar-refractivity contribution in [2.45, 2.75) is 13.3 Å². The van der Waals surface area contributed by atoms with Gasteiger partial charge in [-0.15, -0.1) is 0 Å². The largest absolute Gasteiger partial charge is 0.384 e. The van der Waals surface area contributed by atoms with Gasteiger partial charge in [-0.3, -0.25) is 0 Å². The van der Waals surface area contributed by atoms with E-state index in [9.17, 15) is 0 Å². The fourth-order valence-electron chi connectivity index (χ4n) is 1.38. The van der Waals surface area contributed by atoms with Gasteiger partial charge >= 0.3 is 0 Å². The zero-order chi connectivity index (χ0) is 11.3. The van der Waals surface area contributed by atoms with Crippen molar-refractivity contribution >= 4 is 21.6 Å². The van der Waals surface area contributed by atoms with Crippen molar-refractivity contribution < 1.29 is 0 Å². The Hall–Kier alpha value is -0.540. The fourth-order valence-corrected chi connectivity index (χ4v) is 2.02. The van der Waals surface area contributed by atoms with Gasteiger partial charge in [-0.2, -0.15) is 0 Å². The summed E-state index contributed by atoms with van der Waals surface area (Å²) in [6, 6.07) is 6.38. The maximum atomic E-state index is 3.56. The van der Waals surface area contributed by atoms with Crippen LogP contribution in [0.2, 0.25) is 0 Å². The molecule has 0 aliphatic rings. The van der Waals surface area contributed by atoms with Crippen LogP contribution in [0.15, 0.2) is 22.7 Å². The molecule has 15 heavy (non-hydrogen) atoms. The van der Waals surface area contributed by atoms with Crippen LogP contribution in [0.3, 0.4) is 0 Å². The zero-order valence-corrected chi connectivity index (χ0v) is 11.3. The molecule has 84 valence electrons. The smallest absolute Gasteiger partial charge is 0.0484 e. The lowest BCUT2D eigenvalue weighted by atomic mass is 10.2. The van der Waals surface area contributed by atoms with Gasteiger partial charge in [0, 0.05) is 16.7 Å². The molecule has 0 radical (unpaired) electrons. The predicted octanol–water partition coefficient (Wildman–Crippen LogP) is 3.12. The standard InChI is InChI=1S/C12H19BrN2/c1-10-5-6-12(11(13)9-10)14-7-4-8-15(2)3/h5-6,9,14H,4,7-8H2,1-3H3. The van der Waals surface area contributed by atoms with Crippen LogP contribution >= 0.6 is 15.9 Å². The van der Waals surface area contributed by atoms with E-state index in [4.69, 9.17) is 0 Å². The van der Waals surface area contributed by atoms with E-state index in [1.165, 1.54) is 11.3 Å². The summed E-state index contributed by atoms with van der Waals surface area (Å²) in [4.78, 5) is 2.20. The molecule has 1 aromatic carbocycles. The quantitative estimate of drug-likeness (QED) is 0.828. The molecule has 0 unspecified atom stereocenters. The Balaban J connectivity index is 2.37. The van der Waals surface area contributed by atoms with Crippen LogP contribution < -0.4 is 5.32 Å². The molecule has 0 saturated carbocycles. The van der Waals surface area contributed by atoms with Crippen LogP contribution in [-0.4, -0.2) is 32.1 Å². The first-order chi connectivity index (χ1) is 7.09. The molecule has 0 spiro atoms. The Morgan fingerprint density at radius 2 is 2.07 bits per heavy atom. The van der Waals surface area contributed by atoms with E-state index in [2.05, 4.69) is 65.4 Å². The maximum absolute atomic E-state index is 3.56. The Labute approximate surface area is 101 Å². The summed E-state index contributed by atoms with van der Waals surface area (Å²) in [7, 11) is 4.20. The summed E-state index contributed by atoms with van der Waals surface area (Å²) in [5.41, 5.74) is 2.46. The number of nitrogens with zero attached hydrogens (tertiary/aromatic N) is 1. The Morgan fingerprint density at radius 1 is 1.33 bits per heavy atom. The maximum Gasteiger partial charge on any atom is 0.0484 e. The van der Waals surface area contributed by atoms with Gasteiger partial charge in [-0.05, 0) is 67.6 Å². The van der Waals surface area contributed by atoms with E-state index in [-0.39, 0.29) is 0 Å². The first-order valence-corrected chi connectivity index (χ1v) is 6.03. The van der Waals surface area contributed by atoms with Crippen molar-refractivity contribution in [3.8, 4) is 0 Å². The second-order valence-electron chi connectivity index (χ2n) is 4.07. The summed E-state index contributed by atoms with van der Waals surface area (Å²) >= 11 is 3.56. The topological polar surface area (TPSA) is 15.3 Å². The van der Waals surface area contributed by atoms with E-state index in [1.54, 1.807) is 0 Å². The van der Waals surface area contributed by atoms with Crippen LogP contribution in [0, 0.1) is 6.92 Å². The van der Waals surface area contributed by atoms with Gasteiger partial charge in [-0.25, -0.2) is 0 Å². The highest BCUT2D eigenvalue weighted by atomic mass is 79.9. The van der Waals surface area contributed by atoms with Crippen LogP contribution in [0.25, 0.3) is 0 Å². The number of anilines is 1. The summed E-state index contributed by atoms with van der Waals surface area (Å²) < 4.78 is 1.15. The molecule has 0 saturated heterocycles. The van der Waals surface area contributed by atoms with Gasteiger partial charge in [0.15, 0.2) is 0 Å². The molecule has 3 heteroatoms. The monoisotopic (exact) mass is 270 g/mol. The van der Waals surface area contributed by atoms with Crippen molar-refractivity contribution in [1.82, 2.24) is 4.90 Å². The van der Waals surface area contributed by atoms with E-state index in [1.807, 2.05) is 0 Å². The highest BCUT2D eigenvalue weighted by Gasteiger charge is 1.98. The SMILES string of the molecule is Cc1ccc(NCCCN(C)C)c(Br)c1. The number of hydrogen-bond donors (Lipinski definition) is 1. The molecule has 1 N–H and O–H groups in total. The molecule has 0 aliphatic heterocycles. The second-order valence-corrected chi connectivity index (χ2v) is 4.92. The van der Waals surface area contributed by atoms with Crippen molar-refractivity contribution in [3.63, 3.8) is 0 Å². The van der Waals surface area contributed by atoms with E-state index in [0.29, 0.717) is 0 Å². The molecule has 0 aromatic heterocycles. The van der Waals surface area contributed by atoms with E-state index in [0.717, 1.165) is 24.0 Å². The molecule has 0 aliphatic carbocycles. The summed E-state index contributed by atoms with van der Waals surface area (Å²) in [5.74, 6) is 0. The number of nitrogens with one attached hydrogen (secondary N) is 1. The number of halogens is 1. The van der Waals surface area contributed by atoms with Crippen molar-refractivity contribution in [1.29, 1.82) is 0 Å². The third kappa shape index (κ3) is 4.67. The number of benzene rings is 1. The van der Waals surface area contributed by atoms with Crippen LogP contribution in [-0.2, 0) is 0 Å². The lowest BCUT2D eigenvalue weighted by Gasteiger charge is -2.11. The van der Waals surface area contributed by atoms with E-state index >= 15 is 0 Å². The molecule has 0 heterocycles. The summed E-state index contributed by atoms with van der Waals surface area (Å²) in [5, 5.41) is 3.42. The Bertz CT molecular complexity index is 310. The second kappa shape index (κ2) is 6.13. The molecular formula is C12H19BrN2. The van der Waals surface area contributed by atoms with Gasteiger partial charge < -0.3 is 10.2 Å². The van der Waals surface area contributed by atoms with Crippen LogP contribution in [0.4, 0.5) is 5.69 Å². The molecule has 0 amide bonds. The zero-order valence-electron chi connectivity index (χ0n) is 9.68. The van der Waals surface area contributed by atoms with Gasteiger partial charge in [0.1, 0.15) is 0 Å². The summed E-state index contributed by atoms with van der Waals surface area (Å²) in [6.07, 6.45) is 1.16. The van der Waals surface area contributed by atoms with Gasteiger partial charge in [-0.1, -0.05) is 6.07 Å². The highest BCUT2D eigenvalue weighted by molar-refractivity contribution is 9.10. The van der Waals surface area contributed by atoms with Crippen molar-refractivity contribution in [3.05, 3.63) is 28.2 Å². The molecule has 1 aromatic rings. The average Bonchev–Trinajstić information content (AvgIpc) is 2.14. The third-order valence-corrected chi connectivity index (χ3v) is 2.88. The number of rotatable bonds is 5. The molecule has 0 bridgehead atoms. The lowest BCUT2D eigenvalue weighted by Crippen LogP contribution is -2.16. The average molecular weight is 271 g/mol. The van der Waals surface area contributed by atoms with E-state index < -0.39 is 0 Å². The first kappa shape index (κ1) is 12.5. The predicted molar refractivity (Wildman–Crippen MR) is 70.5 cm³/mol. The molecular weight excluding hydrogens is 252 g/mol. The molecule has 0 fully saturated rings. The first-order valence-electron chi connectivity index (χ1n) is 5.24. The third-order valence-electron chi connectivity index (χ3n) is 2.22. The van der Waals surface area contributed by atoms with Crippen molar-refractivity contribution in [2.24, 2.45) is 0 Å². The van der Waals surface area contributed by atoms with Gasteiger partial charge in [0.2, 0.25) is 0 Å². The normalized spacial score (nSPS) is 10.7. The van der Waals surface area contributed by atoms with Gasteiger partial charge in [0.25, 0.3) is 0 Å². The highest BCUT2D eigenvalue weighted by Crippen LogP contribution is 2.23. The molecule has 0 atom stereocenters. The fraction of sp³-hybridized carbons (Fsp3) is 0.500. The lowest BCUT2D eigenvalue weighted by molar-refractivity contribution is 0.405. The Morgan fingerprint density at radius 3 is 2.67 bits per heavy atom. The van der Waals surface area contributed by atoms with Crippen LogP contribution in [0.1, 0.15) is 12.0 Å². The minimum absolute atomic E-state index is 1.01. The summed E-state index contributed by atoms with van der Waals surface area (Å²) in [6.45, 7) is 4.23. The minimum Gasteiger partial charge on any atom is -0.384 e. The number of hydrogen-bond acceptors (Lipinski definition) is 2. The van der Waals surface area contributed by atoms with Gasteiger partial charge in [0.05, 0.1) is 0 Å². The Kier molecular flexibility index (Phi) is 5.12.